The molecule has 28 heavy (non-hydrogen) atoms. The molecule has 0 unspecified atom stereocenters. The third kappa shape index (κ3) is 5.09. The normalized spacial score (nSPS) is 11.1. The van der Waals surface area contributed by atoms with Crippen LogP contribution >= 0.6 is 0 Å². The Bertz CT molecular complexity index is 1010. The number of nitrogens with one attached hydrogen (secondary N) is 2. The summed E-state index contributed by atoms with van der Waals surface area (Å²) >= 11 is 0. The predicted octanol–water partition coefficient (Wildman–Crippen LogP) is 2.67. The SMILES string of the molecule is Cc1cc(S(=O)(=O)N(C)C)cc(NCC(=O)Nc2ccc(CC#N)cc2)c1C. The minimum Gasteiger partial charge on any atom is -0.376 e. The second-order valence-electron chi connectivity index (χ2n) is 6.63. The fraction of sp³-hybridized carbons (Fsp3) is 0.300. The summed E-state index contributed by atoms with van der Waals surface area (Å²) in [5.41, 5.74) is 3.80. The molecule has 0 spiro atoms. The van der Waals surface area contributed by atoms with Crippen molar-refractivity contribution in [2.24, 2.45) is 0 Å². The first kappa shape index (κ1) is 21.4. The van der Waals surface area contributed by atoms with Crippen LogP contribution in [0.4, 0.5) is 11.4 Å². The number of hydrogen-bond donors (Lipinski definition) is 2. The maximum atomic E-state index is 12.4. The summed E-state index contributed by atoms with van der Waals surface area (Å²) in [7, 11) is -0.607. The van der Waals surface area contributed by atoms with Crippen molar-refractivity contribution in [2.75, 3.05) is 31.3 Å². The van der Waals surface area contributed by atoms with Gasteiger partial charge in [-0.1, -0.05) is 12.1 Å². The maximum absolute atomic E-state index is 12.4. The minimum absolute atomic E-state index is 0.00824. The van der Waals surface area contributed by atoms with E-state index < -0.39 is 10.0 Å². The van der Waals surface area contributed by atoms with E-state index in [0.717, 1.165) is 21.0 Å². The van der Waals surface area contributed by atoms with Crippen LogP contribution in [0.3, 0.4) is 0 Å². The molecule has 0 atom stereocenters. The Morgan fingerprint density at radius 2 is 1.79 bits per heavy atom. The summed E-state index contributed by atoms with van der Waals surface area (Å²) in [6.45, 7) is 3.69. The van der Waals surface area contributed by atoms with Crippen molar-refractivity contribution in [1.82, 2.24) is 4.31 Å². The molecule has 7 nitrogen and oxygen atoms in total. The highest BCUT2D eigenvalue weighted by molar-refractivity contribution is 7.89. The highest BCUT2D eigenvalue weighted by atomic mass is 32.2. The third-order valence-corrected chi connectivity index (χ3v) is 6.17. The maximum Gasteiger partial charge on any atom is 0.243 e. The van der Waals surface area contributed by atoms with Crippen molar-refractivity contribution >= 4 is 27.3 Å². The van der Waals surface area contributed by atoms with Crippen LogP contribution in [-0.2, 0) is 21.2 Å². The van der Waals surface area contributed by atoms with Gasteiger partial charge in [-0.25, -0.2) is 12.7 Å². The Morgan fingerprint density at radius 3 is 2.36 bits per heavy atom. The van der Waals surface area contributed by atoms with E-state index in [0.29, 0.717) is 17.8 Å². The van der Waals surface area contributed by atoms with Gasteiger partial charge in [0, 0.05) is 25.5 Å². The van der Waals surface area contributed by atoms with Crippen molar-refractivity contribution in [3.8, 4) is 6.07 Å². The van der Waals surface area contributed by atoms with Gasteiger partial charge in [0.1, 0.15) is 0 Å². The van der Waals surface area contributed by atoms with E-state index in [9.17, 15) is 13.2 Å². The first-order valence-corrected chi connectivity index (χ1v) is 10.1. The zero-order valence-corrected chi connectivity index (χ0v) is 17.2. The Balaban J connectivity index is 2.10. The molecule has 0 bridgehead atoms. The molecule has 0 aliphatic rings. The summed E-state index contributed by atoms with van der Waals surface area (Å²) in [4.78, 5) is 12.4. The summed E-state index contributed by atoms with van der Waals surface area (Å²) in [6.07, 6.45) is 0.320. The topological polar surface area (TPSA) is 102 Å². The molecule has 0 radical (unpaired) electrons. The van der Waals surface area contributed by atoms with Crippen LogP contribution < -0.4 is 10.6 Å². The monoisotopic (exact) mass is 400 g/mol. The van der Waals surface area contributed by atoms with Crippen molar-refractivity contribution < 1.29 is 13.2 Å². The molecule has 2 rings (SSSR count). The lowest BCUT2D eigenvalue weighted by Gasteiger charge is -2.17. The van der Waals surface area contributed by atoms with Crippen LogP contribution in [0.25, 0.3) is 0 Å². The van der Waals surface area contributed by atoms with E-state index >= 15 is 0 Å². The molecule has 0 fully saturated rings. The number of benzene rings is 2. The second-order valence-corrected chi connectivity index (χ2v) is 8.79. The number of hydrogen-bond acceptors (Lipinski definition) is 5. The fourth-order valence-corrected chi connectivity index (χ4v) is 3.56. The van der Waals surface area contributed by atoms with Crippen LogP contribution in [-0.4, -0.2) is 39.3 Å². The molecular formula is C20H24N4O3S. The van der Waals surface area contributed by atoms with Gasteiger partial charge in [-0.2, -0.15) is 5.26 Å². The van der Waals surface area contributed by atoms with Crippen molar-refractivity contribution in [3.63, 3.8) is 0 Å². The van der Waals surface area contributed by atoms with Crippen molar-refractivity contribution in [1.29, 1.82) is 5.26 Å². The molecule has 0 heterocycles. The lowest BCUT2D eigenvalue weighted by molar-refractivity contribution is -0.114. The second kappa shape index (κ2) is 8.87. The van der Waals surface area contributed by atoms with Gasteiger partial charge in [-0.15, -0.1) is 0 Å². The van der Waals surface area contributed by atoms with Gasteiger partial charge in [0.05, 0.1) is 23.9 Å². The molecule has 0 saturated heterocycles. The smallest absolute Gasteiger partial charge is 0.243 e. The molecule has 2 N–H and O–H groups in total. The first-order valence-electron chi connectivity index (χ1n) is 8.68. The van der Waals surface area contributed by atoms with Crippen LogP contribution in [0.5, 0.6) is 0 Å². The van der Waals surface area contributed by atoms with Crippen LogP contribution in [0, 0.1) is 25.2 Å². The van der Waals surface area contributed by atoms with E-state index in [1.54, 1.807) is 36.4 Å². The van der Waals surface area contributed by atoms with Crippen molar-refractivity contribution in [2.45, 2.75) is 25.2 Å². The highest BCUT2D eigenvalue weighted by Gasteiger charge is 2.19. The van der Waals surface area contributed by atoms with Gasteiger partial charge in [0.2, 0.25) is 15.9 Å². The lowest BCUT2D eigenvalue weighted by Crippen LogP contribution is -2.24. The van der Waals surface area contributed by atoms with Gasteiger partial charge in [0.25, 0.3) is 0 Å². The molecule has 1 amide bonds. The minimum atomic E-state index is -3.56. The average molecular weight is 401 g/mol. The van der Waals surface area contributed by atoms with Gasteiger partial charge in [-0.3, -0.25) is 4.79 Å². The van der Waals surface area contributed by atoms with E-state index in [4.69, 9.17) is 5.26 Å². The number of amides is 1. The number of aryl methyl sites for hydroxylation is 1. The molecular weight excluding hydrogens is 376 g/mol. The molecule has 0 aliphatic carbocycles. The first-order chi connectivity index (χ1) is 13.1. The largest absolute Gasteiger partial charge is 0.376 e. The highest BCUT2D eigenvalue weighted by Crippen LogP contribution is 2.25. The summed E-state index contributed by atoms with van der Waals surface area (Å²) in [6, 6.07) is 12.3. The number of anilines is 2. The molecule has 8 heteroatoms. The van der Waals surface area contributed by atoms with Crippen LogP contribution in [0.15, 0.2) is 41.3 Å². The van der Waals surface area contributed by atoms with E-state index in [2.05, 4.69) is 16.7 Å². The predicted molar refractivity (Wildman–Crippen MR) is 110 cm³/mol. The standard InChI is InChI=1S/C20H24N4O3S/c1-14-11-18(28(26,27)24(3)4)12-19(15(14)2)22-13-20(25)23-17-7-5-16(6-8-17)9-10-21/h5-8,11-12,22H,9,13H2,1-4H3,(H,23,25). The number of nitrogens with zero attached hydrogens (tertiary/aromatic N) is 2. The summed E-state index contributed by atoms with van der Waals surface area (Å²) in [5.74, 6) is -0.258. The third-order valence-electron chi connectivity index (χ3n) is 4.38. The van der Waals surface area contributed by atoms with Gasteiger partial charge >= 0.3 is 0 Å². The van der Waals surface area contributed by atoms with E-state index in [1.807, 2.05) is 13.8 Å². The summed E-state index contributed by atoms with van der Waals surface area (Å²) < 4.78 is 26.0. The molecule has 148 valence electrons. The molecule has 2 aromatic carbocycles. The number of nitriles is 1. The lowest BCUT2D eigenvalue weighted by atomic mass is 10.1. The quantitative estimate of drug-likeness (QED) is 0.744. The Hall–Kier alpha value is -2.89. The Morgan fingerprint density at radius 1 is 1.14 bits per heavy atom. The number of sulfonamides is 1. The fourth-order valence-electron chi connectivity index (χ4n) is 2.55. The van der Waals surface area contributed by atoms with Crippen LogP contribution in [0.1, 0.15) is 16.7 Å². The van der Waals surface area contributed by atoms with E-state index in [1.165, 1.54) is 14.1 Å². The Kier molecular flexibility index (Phi) is 6.78. The molecule has 0 aromatic heterocycles. The molecule has 2 aromatic rings. The zero-order valence-electron chi connectivity index (χ0n) is 16.4. The van der Waals surface area contributed by atoms with Crippen LogP contribution in [0.2, 0.25) is 0 Å². The summed E-state index contributed by atoms with van der Waals surface area (Å²) in [5, 5.41) is 14.5. The zero-order chi connectivity index (χ0) is 20.9. The number of carbonyl (C=O) groups is 1. The van der Waals surface area contributed by atoms with Gasteiger partial charge < -0.3 is 10.6 Å². The van der Waals surface area contributed by atoms with Crippen molar-refractivity contribution in [3.05, 3.63) is 53.1 Å². The molecule has 0 saturated carbocycles. The number of carbonyl (C=O) groups excluding carboxylic acids is 1. The molecule has 0 aliphatic heterocycles. The van der Waals surface area contributed by atoms with Gasteiger partial charge in [-0.05, 0) is 54.8 Å². The Labute approximate surface area is 166 Å². The average Bonchev–Trinajstić information content (AvgIpc) is 2.64. The number of rotatable bonds is 7. The van der Waals surface area contributed by atoms with Gasteiger partial charge in [0.15, 0.2) is 0 Å². The van der Waals surface area contributed by atoms with E-state index in [-0.39, 0.29) is 17.3 Å².